The number of rotatable bonds is 3. The van der Waals surface area contributed by atoms with Crippen LogP contribution < -0.4 is 15.6 Å². The second-order valence-electron chi connectivity index (χ2n) is 5.29. The van der Waals surface area contributed by atoms with Gasteiger partial charge in [-0.3, -0.25) is 9.59 Å². The molecule has 1 amide bonds. The van der Waals surface area contributed by atoms with Gasteiger partial charge in [-0.1, -0.05) is 24.3 Å². The highest BCUT2D eigenvalue weighted by Crippen LogP contribution is 2.27. The van der Waals surface area contributed by atoms with E-state index in [9.17, 15) is 14.7 Å². The number of benzene rings is 2. The Bertz CT molecular complexity index is 992. The second kappa shape index (κ2) is 6.08. The fraction of sp³-hybridized carbons (Fsp3) is 0.111. The number of ether oxygens (including phenoxy) is 1. The van der Waals surface area contributed by atoms with E-state index < -0.39 is 5.91 Å². The summed E-state index contributed by atoms with van der Waals surface area (Å²) < 4.78 is 6.26. The molecule has 0 bridgehead atoms. The average molecular weight is 324 g/mol. The Morgan fingerprint density at radius 3 is 2.54 bits per heavy atom. The zero-order valence-electron chi connectivity index (χ0n) is 13.2. The van der Waals surface area contributed by atoms with Crippen LogP contribution >= 0.6 is 0 Å². The summed E-state index contributed by atoms with van der Waals surface area (Å²) in [7, 11) is 2.98. The Morgan fingerprint density at radius 1 is 1.12 bits per heavy atom. The van der Waals surface area contributed by atoms with E-state index in [-0.39, 0.29) is 17.0 Å². The van der Waals surface area contributed by atoms with Crippen molar-refractivity contribution in [2.75, 3.05) is 12.4 Å². The van der Waals surface area contributed by atoms with Crippen LogP contribution in [0.15, 0.2) is 53.3 Å². The number of carbonyl (C=O) groups excluding carboxylic acids is 1. The van der Waals surface area contributed by atoms with Crippen LogP contribution in [0, 0.1) is 0 Å². The molecule has 6 heteroatoms. The van der Waals surface area contributed by atoms with Gasteiger partial charge in [0, 0.05) is 24.2 Å². The van der Waals surface area contributed by atoms with Crippen molar-refractivity contribution < 1.29 is 14.6 Å². The average Bonchev–Trinajstić information content (AvgIpc) is 2.60. The molecule has 0 unspecified atom stereocenters. The molecule has 0 aliphatic rings. The van der Waals surface area contributed by atoms with E-state index in [2.05, 4.69) is 5.32 Å². The van der Waals surface area contributed by atoms with E-state index in [4.69, 9.17) is 4.74 Å². The van der Waals surface area contributed by atoms with Crippen molar-refractivity contribution in [1.82, 2.24) is 4.57 Å². The first-order valence-corrected chi connectivity index (χ1v) is 7.29. The lowest BCUT2D eigenvalue weighted by molar-refractivity contribution is 0.101. The Kier molecular flexibility index (Phi) is 3.95. The van der Waals surface area contributed by atoms with Crippen LogP contribution in [-0.4, -0.2) is 22.7 Å². The van der Waals surface area contributed by atoms with E-state index in [1.165, 1.54) is 14.2 Å². The number of amides is 1. The summed E-state index contributed by atoms with van der Waals surface area (Å²) in [6.07, 6.45) is 0. The molecule has 0 atom stereocenters. The number of hydrogen-bond acceptors (Lipinski definition) is 4. The second-order valence-corrected chi connectivity index (χ2v) is 5.29. The summed E-state index contributed by atoms with van der Waals surface area (Å²) in [5.74, 6) is -0.219. The van der Waals surface area contributed by atoms with E-state index in [1.54, 1.807) is 48.5 Å². The first kappa shape index (κ1) is 15.6. The van der Waals surface area contributed by atoms with Crippen molar-refractivity contribution in [1.29, 1.82) is 0 Å². The van der Waals surface area contributed by atoms with Crippen molar-refractivity contribution in [3.8, 4) is 11.5 Å². The van der Waals surface area contributed by atoms with Gasteiger partial charge in [-0.25, -0.2) is 0 Å². The number of anilines is 1. The number of aromatic nitrogens is 1. The summed E-state index contributed by atoms with van der Waals surface area (Å²) in [5, 5.41) is 13.8. The summed E-state index contributed by atoms with van der Waals surface area (Å²) in [5.41, 5.74) is 0.0556. The van der Waals surface area contributed by atoms with Crippen molar-refractivity contribution in [3.05, 3.63) is 64.6 Å². The lowest BCUT2D eigenvalue weighted by Gasteiger charge is -2.13. The highest BCUT2D eigenvalue weighted by molar-refractivity contribution is 6.08. The van der Waals surface area contributed by atoms with Gasteiger partial charge in [0.05, 0.1) is 12.5 Å². The normalized spacial score (nSPS) is 10.6. The lowest BCUT2D eigenvalue weighted by Crippen LogP contribution is -2.26. The molecule has 1 aromatic heterocycles. The number of aromatic hydroxyl groups is 1. The molecule has 6 nitrogen and oxygen atoms in total. The zero-order chi connectivity index (χ0) is 17.3. The number of fused-ring (bicyclic) bond motifs is 1. The molecule has 0 aliphatic heterocycles. The Labute approximate surface area is 137 Å². The van der Waals surface area contributed by atoms with Gasteiger partial charge >= 0.3 is 0 Å². The first-order chi connectivity index (χ1) is 11.5. The summed E-state index contributed by atoms with van der Waals surface area (Å²) in [6.45, 7) is 0. The topological polar surface area (TPSA) is 80.6 Å². The van der Waals surface area contributed by atoms with Crippen LogP contribution in [0.1, 0.15) is 10.5 Å². The molecule has 0 saturated heterocycles. The van der Waals surface area contributed by atoms with Gasteiger partial charge in [0.25, 0.3) is 11.5 Å². The molecule has 24 heavy (non-hydrogen) atoms. The van der Waals surface area contributed by atoms with Crippen LogP contribution in [0.25, 0.3) is 10.8 Å². The molecule has 3 aromatic rings. The molecule has 0 saturated carbocycles. The summed E-state index contributed by atoms with van der Waals surface area (Å²) >= 11 is 0. The third-order valence-electron chi connectivity index (χ3n) is 3.82. The fourth-order valence-electron chi connectivity index (χ4n) is 2.60. The van der Waals surface area contributed by atoms with Crippen LogP contribution in [-0.2, 0) is 7.05 Å². The standard InChI is InChI=1S/C18H16N2O4/c1-20-15(16(21)13-8-3-4-9-14(13)18(20)23)17(22)19-11-6-5-7-12(10-11)24-2/h3-10,21H,1-2H3,(H,19,22). The minimum Gasteiger partial charge on any atom is -0.505 e. The van der Waals surface area contributed by atoms with Gasteiger partial charge in [-0.2, -0.15) is 0 Å². The molecule has 122 valence electrons. The number of methoxy groups -OCH3 is 1. The van der Waals surface area contributed by atoms with E-state index in [1.807, 2.05) is 0 Å². The van der Waals surface area contributed by atoms with Crippen molar-refractivity contribution in [2.24, 2.45) is 7.05 Å². The van der Waals surface area contributed by atoms with E-state index in [0.29, 0.717) is 22.2 Å². The molecular formula is C18H16N2O4. The zero-order valence-corrected chi connectivity index (χ0v) is 13.2. The third-order valence-corrected chi connectivity index (χ3v) is 3.82. The largest absolute Gasteiger partial charge is 0.505 e. The highest BCUT2D eigenvalue weighted by Gasteiger charge is 2.20. The number of nitrogens with one attached hydrogen (secondary N) is 1. The predicted octanol–water partition coefficient (Wildman–Crippen LogP) is 2.50. The van der Waals surface area contributed by atoms with Crippen LogP contribution in [0.3, 0.4) is 0 Å². The smallest absolute Gasteiger partial charge is 0.276 e. The number of hydrogen-bond donors (Lipinski definition) is 2. The molecular weight excluding hydrogens is 308 g/mol. The molecule has 2 N–H and O–H groups in total. The lowest BCUT2D eigenvalue weighted by atomic mass is 10.1. The molecule has 3 rings (SSSR count). The Hall–Kier alpha value is -3.28. The fourth-order valence-corrected chi connectivity index (χ4v) is 2.60. The van der Waals surface area contributed by atoms with Crippen LogP contribution in [0.2, 0.25) is 0 Å². The molecule has 0 radical (unpaired) electrons. The molecule has 2 aromatic carbocycles. The monoisotopic (exact) mass is 324 g/mol. The minimum atomic E-state index is -0.578. The quantitative estimate of drug-likeness (QED) is 0.776. The maximum atomic E-state index is 12.6. The first-order valence-electron chi connectivity index (χ1n) is 7.29. The molecule has 0 aliphatic carbocycles. The Balaban J connectivity index is 2.08. The van der Waals surface area contributed by atoms with Gasteiger partial charge in [-0.05, 0) is 18.2 Å². The highest BCUT2D eigenvalue weighted by atomic mass is 16.5. The third kappa shape index (κ3) is 2.58. The van der Waals surface area contributed by atoms with Crippen molar-refractivity contribution >= 4 is 22.4 Å². The maximum absolute atomic E-state index is 12.6. The number of pyridine rings is 1. The van der Waals surface area contributed by atoms with Gasteiger partial charge in [-0.15, -0.1) is 0 Å². The summed E-state index contributed by atoms with van der Waals surface area (Å²) in [4.78, 5) is 25.0. The SMILES string of the molecule is COc1cccc(NC(=O)c2c(O)c3ccccc3c(=O)n2C)c1. The van der Waals surface area contributed by atoms with Crippen LogP contribution in [0.5, 0.6) is 11.5 Å². The van der Waals surface area contributed by atoms with Gasteiger partial charge in [0.2, 0.25) is 0 Å². The van der Waals surface area contributed by atoms with Crippen molar-refractivity contribution in [2.45, 2.75) is 0 Å². The number of carbonyl (C=O) groups is 1. The van der Waals surface area contributed by atoms with Gasteiger partial charge in [0.1, 0.15) is 5.75 Å². The maximum Gasteiger partial charge on any atom is 0.276 e. The predicted molar refractivity (Wildman–Crippen MR) is 91.8 cm³/mol. The molecule has 0 fully saturated rings. The van der Waals surface area contributed by atoms with Crippen molar-refractivity contribution in [3.63, 3.8) is 0 Å². The van der Waals surface area contributed by atoms with E-state index >= 15 is 0 Å². The van der Waals surface area contributed by atoms with Gasteiger partial charge < -0.3 is 19.7 Å². The Morgan fingerprint density at radius 2 is 1.83 bits per heavy atom. The summed E-state index contributed by atoms with van der Waals surface area (Å²) in [6, 6.07) is 13.4. The van der Waals surface area contributed by atoms with Crippen LogP contribution in [0.4, 0.5) is 5.69 Å². The molecule has 0 spiro atoms. The number of nitrogens with zero attached hydrogens (tertiary/aromatic N) is 1. The van der Waals surface area contributed by atoms with E-state index in [0.717, 1.165) is 4.57 Å². The minimum absolute atomic E-state index is 0.0958. The van der Waals surface area contributed by atoms with Gasteiger partial charge in [0.15, 0.2) is 11.4 Å². The molecule has 1 heterocycles.